The second-order valence-electron chi connectivity index (χ2n) is 1.88. The smallest absolute Gasteiger partial charge is 0.247 e. The van der Waals surface area contributed by atoms with Gasteiger partial charge in [0.1, 0.15) is 0 Å². The molecule has 9 heavy (non-hydrogen) atoms. The van der Waals surface area contributed by atoms with Gasteiger partial charge in [-0.05, 0) is 6.26 Å². The van der Waals surface area contributed by atoms with Gasteiger partial charge < -0.3 is 4.90 Å². The van der Waals surface area contributed by atoms with Crippen LogP contribution in [0.15, 0.2) is 12.2 Å². The van der Waals surface area contributed by atoms with Crippen LogP contribution in [-0.4, -0.2) is 29.5 Å². The number of hydrogen-bond acceptors (Lipinski definition) is 2. The van der Waals surface area contributed by atoms with Crippen molar-refractivity contribution in [1.29, 1.82) is 0 Å². The van der Waals surface area contributed by atoms with E-state index in [1.807, 2.05) is 12.3 Å². The van der Waals surface area contributed by atoms with Crippen LogP contribution in [0, 0.1) is 0 Å². The van der Waals surface area contributed by atoms with E-state index < -0.39 is 0 Å². The van der Waals surface area contributed by atoms with Gasteiger partial charge in [-0.3, -0.25) is 4.79 Å². The quantitative estimate of drug-likeness (QED) is 0.567. The summed E-state index contributed by atoms with van der Waals surface area (Å²) in [5.74, 6) is 0.954. The molecule has 0 atom stereocenters. The highest BCUT2D eigenvalue weighted by Gasteiger charge is 2.12. The van der Waals surface area contributed by atoms with Crippen LogP contribution in [0.1, 0.15) is 0 Å². The van der Waals surface area contributed by atoms with Gasteiger partial charge in [0, 0.05) is 12.6 Å². The van der Waals surface area contributed by atoms with Crippen LogP contribution < -0.4 is 0 Å². The van der Waals surface area contributed by atoms with E-state index in [0.717, 1.165) is 12.4 Å². The molecule has 50 valence electrons. The standard InChI is InChI=1S/C6H9NOS/c1-9-5-7-4-2-3-6(7)8/h2-3H,4-5H2,1H3. The molecule has 0 saturated carbocycles. The van der Waals surface area contributed by atoms with Crippen molar-refractivity contribution in [3.05, 3.63) is 12.2 Å². The number of thioether (sulfide) groups is 1. The van der Waals surface area contributed by atoms with Gasteiger partial charge >= 0.3 is 0 Å². The van der Waals surface area contributed by atoms with Crippen LogP contribution in [0.3, 0.4) is 0 Å². The van der Waals surface area contributed by atoms with Crippen LogP contribution in [-0.2, 0) is 4.79 Å². The van der Waals surface area contributed by atoms with Crippen LogP contribution in [0.5, 0.6) is 0 Å². The highest BCUT2D eigenvalue weighted by molar-refractivity contribution is 7.98. The molecule has 0 aliphatic carbocycles. The first-order valence-electron chi connectivity index (χ1n) is 2.79. The van der Waals surface area contributed by atoms with Gasteiger partial charge in [-0.15, -0.1) is 11.8 Å². The first-order valence-corrected chi connectivity index (χ1v) is 4.18. The maximum absolute atomic E-state index is 10.8. The summed E-state index contributed by atoms with van der Waals surface area (Å²) < 4.78 is 0. The lowest BCUT2D eigenvalue weighted by molar-refractivity contribution is -0.123. The van der Waals surface area contributed by atoms with E-state index in [4.69, 9.17) is 0 Å². The summed E-state index contributed by atoms with van der Waals surface area (Å²) in [5, 5.41) is 0. The molecule has 1 aliphatic rings. The predicted octanol–water partition coefficient (Wildman–Crippen LogP) is 0.705. The second-order valence-corrected chi connectivity index (χ2v) is 2.72. The first kappa shape index (κ1) is 6.68. The lowest BCUT2D eigenvalue weighted by Gasteiger charge is -2.12. The Balaban J connectivity index is 2.37. The fourth-order valence-electron chi connectivity index (χ4n) is 0.748. The Hall–Kier alpha value is -0.440. The second kappa shape index (κ2) is 2.92. The zero-order valence-corrected chi connectivity index (χ0v) is 6.15. The van der Waals surface area contributed by atoms with Gasteiger partial charge in [0.15, 0.2) is 0 Å². The first-order chi connectivity index (χ1) is 4.34. The van der Waals surface area contributed by atoms with Gasteiger partial charge in [-0.1, -0.05) is 6.08 Å². The minimum atomic E-state index is 0.143. The Kier molecular flexibility index (Phi) is 2.16. The molecule has 0 unspecified atom stereocenters. The van der Waals surface area contributed by atoms with E-state index in [-0.39, 0.29) is 5.91 Å². The number of hydrogen-bond donors (Lipinski definition) is 0. The summed E-state index contributed by atoms with van der Waals surface area (Å²) >= 11 is 1.67. The zero-order valence-electron chi connectivity index (χ0n) is 5.33. The zero-order chi connectivity index (χ0) is 6.69. The fraction of sp³-hybridized carbons (Fsp3) is 0.500. The van der Waals surface area contributed by atoms with Crippen LogP contribution in [0.4, 0.5) is 0 Å². The largest absolute Gasteiger partial charge is 0.326 e. The summed E-state index contributed by atoms with van der Waals surface area (Å²) in [6.45, 7) is 0.791. The van der Waals surface area contributed by atoms with E-state index in [9.17, 15) is 4.79 Å². The molecule has 0 aromatic rings. The van der Waals surface area contributed by atoms with E-state index in [1.165, 1.54) is 0 Å². The molecule has 0 radical (unpaired) electrons. The molecule has 0 aromatic carbocycles. The van der Waals surface area contributed by atoms with Crippen LogP contribution in [0.2, 0.25) is 0 Å². The van der Waals surface area contributed by atoms with E-state index in [1.54, 1.807) is 22.7 Å². The number of amides is 1. The van der Waals surface area contributed by atoms with E-state index >= 15 is 0 Å². The normalized spacial score (nSPS) is 17.4. The lowest BCUT2D eigenvalue weighted by Crippen LogP contribution is -2.24. The third-order valence-electron chi connectivity index (χ3n) is 1.18. The van der Waals surface area contributed by atoms with Crippen molar-refractivity contribution in [2.24, 2.45) is 0 Å². The lowest BCUT2D eigenvalue weighted by atomic mass is 10.6. The Morgan fingerprint density at radius 3 is 3.11 bits per heavy atom. The SMILES string of the molecule is CSCN1CC=CC1=O. The van der Waals surface area contributed by atoms with Gasteiger partial charge in [0.25, 0.3) is 0 Å². The third kappa shape index (κ3) is 1.48. The van der Waals surface area contributed by atoms with Crippen molar-refractivity contribution >= 4 is 17.7 Å². The highest BCUT2D eigenvalue weighted by atomic mass is 32.2. The van der Waals surface area contributed by atoms with E-state index in [2.05, 4.69) is 0 Å². The molecule has 0 aromatic heterocycles. The molecule has 1 heterocycles. The molecule has 1 aliphatic heterocycles. The summed E-state index contributed by atoms with van der Waals surface area (Å²) in [4.78, 5) is 12.6. The van der Waals surface area contributed by atoms with Crippen LogP contribution >= 0.6 is 11.8 Å². The molecule has 0 bridgehead atoms. The topological polar surface area (TPSA) is 20.3 Å². The molecule has 0 spiro atoms. The van der Waals surface area contributed by atoms with Crippen molar-refractivity contribution in [2.75, 3.05) is 18.7 Å². The van der Waals surface area contributed by atoms with Crippen molar-refractivity contribution < 1.29 is 4.79 Å². The van der Waals surface area contributed by atoms with Gasteiger partial charge in [-0.25, -0.2) is 0 Å². The molecule has 1 rings (SSSR count). The summed E-state index contributed by atoms with van der Waals surface area (Å²) in [5.41, 5.74) is 0. The molecule has 0 N–H and O–H groups in total. The number of nitrogens with zero attached hydrogens (tertiary/aromatic N) is 1. The summed E-state index contributed by atoms with van der Waals surface area (Å²) in [6, 6.07) is 0. The van der Waals surface area contributed by atoms with Gasteiger partial charge in [0.2, 0.25) is 5.91 Å². The minimum absolute atomic E-state index is 0.143. The molecule has 0 fully saturated rings. The summed E-state index contributed by atoms with van der Waals surface area (Å²) in [7, 11) is 0. The molecule has 3 heteroatoms. The Labute approximate surface area is 58.9 Å². The maximum Gasteiger partial charge on any atom is 0.247 e. The van der Waals surface area contributed by atoms with Crippen molar-refractivity contribution in [3.8, 4) is 0 Å². The Morgan fingerprint density at radius 1 is 1.89 bits per heavy atom. The van der Waals surface area contributed by atoms with Crippen LogP contribution in [0.25, 0.3) is 0 Å². The third-order valence-corrected chi connectivity index (χ3v) is 1.75. The fourth-order valence-corrected chi connectivity index (χ4v) is 1.29. The summed E-state index contributed by atoms with van der Waals surface area (Å²) in [6.07, 6.45) is 5.50. The molecule has 2 nitrogen and oxygen atoms in total. The predicted molar refractivity (Wildman–Crippen MR) is 39.2 cm³/mol. The maximum atomic E-state index is 10.8. The number of rotatable bonds is 2. The highest BCUT2D eigenvalue weighted by Crippen LogP contribution is 2.05. The van der Waals surface area contributed by atoms with Gasteiger partial charge in [-0.2, -0.15) is 0 Å². The Bertz CT molecular complexity index is 144. The monoisotopic (exact) mass is 143 g/mol. The number of carbonyl (C=O) groups excluding carboxylic acids is 1. The average molecular weight is 143 g/mol. The molecular formula is C6H9NOS. The van der Waals surface area contributed by atoms with E-state index in [0.29, 0.717) is 0 Å². The molecule has 1 amide bonds. The molecule has 0 saturated heterocycles. The van der Waals surface area contributed by atoms with Gasteiger partial charge in [0.05, 0.1) is 5.88 Å². The van der Waals surface area contributed by atoms with Crippen molar-refractivity contribution in [2.45, 2.75) is 0 Å². The Morgan fingerprint density at radius 2 is 2.67 bits per heavy atom. The number of carbonyl (C=O) groups is 1. The minimum Gasteiger partial charge on any atom is -0.326 e. The van der Waals surface area contributed by atoms with Crippen molar-refractivity contribution in [1.82, 2.24) is 4.90 Å². The van der Waals surface area contributed by atoms with Crippen molar-refractivity contribution in [3.63, 3.8) is 0 Å². The average Bonchev–Trinajstić information content (AvgIpc) is 2.18. The molecular weight excluding hydrogens is 134 g/mol.